The number of fused-ring (bicyclic) bond motifs is 2. The molecule has 2 fully saturated rings. The predicted octanol–water partition coefficient (Wildman–Crippen LogP) is 1.96. The zero-order valence-electron chi connectivity index (χ0n) is 14.2. The lowest BCUT2D eigenvalue weighted by atomic mass is 10.1. The molecule has 0 bridgehead atoms. The van der Waals surface area contributed by atoms with E-state index in [-0.39, 0.29) is 5.28 Å². The Morgan fingerprint density at radius 3 is 2.73 bits per heavy atom. The second-order valence-electron chi connectivity index (χ2n) is 6.69. The van der Waals surface area contributed by atoms with Crippen molar-refractivity contribution in [3.63, 3.8) is 0 Å². The molecule has 2 aliphatic rings. The van der Waals surface area contributed by atoms with E-state index in [4.69, 9.17) is 30.3 Å². The van der Waals surface area contributed by atoms with Crippen molar-refractivity contribution in [1.82, 2.24) is 29.7 Å². The van der Waals surface area contributed by atoms with Crippen LogP contribution < -0.4 is 0 Å². The van der Waals surface area contributed by atoms with E-state index in [2.05, 4.69) is 25.1 Å². The summed E-state index contributed by atoms with van der Waals surface area (Å²) >= 11 is 5.94. The highest BCUT2D eigenvalue weighted by atomic mass is 35.5. The molecule has 5 heterocycles. The summed E-state index contributed by atoms with van der Waals surface area (Å²) in [5, 5.41) is 3.97. The van der Waals surface area contributed by atoms with E-state index < -0.39 is 30.3 Å². The lowest BCUT2D eigenvalue weighted by molar-refractivity contribution is -0.199. The zero-order valence-corrected chi connectivity index (χ0v) is 14.9. The highest BCUT2D eigenvalue weighted by molar-refractivity contribution is 6.28. The van der Waals surface area contributed by atoms with Crippen molar-refractivity contribution in [2.75, 3.05) is 0 Å². The van der Waals surface area contributed by atoms with Crippen LogP contribution in [0.1, 0.15) is 37.9 Å². The van der Waals surface area contributed by atoms with Crippen molar-refractivity contribution in [3.8, 4) is 0 Å². The number of hydrogen-bond donors (Lipinski definition) is 0. The standard InChI is InChI=1S/C15H15ClN6O4/c1-6-19-12(26-21-6)9-8-10(25-15(2,3)24-8)13(23-9)22-5-18-7-4-17-14(16)20-11(7)22/h4-5,8-10,13H,1-3H3/t8-,9+,10-,13-/m1/s1. The first-order valence-corrected chi connectivity index (χ1v) is 8.45. The maximum Gasteiger partial charge on any atom is 0.258 e. The number of imidazole rings is 1. The van der Waals surface area contributed by atoms with Gasteiger partial charge in [0.15, 0.2) is 29.6 Å². The second-order valence-corrected chi connectivity index (χ2v) is 7.03. The SMILES string of the molecule is Cc1noc([C@H]2O[C@@H](n3cnc4cnc(Cl)nc43)[C@@H]3OC(C)(C)O[C@@H]32)n1. The van der Waals surface area contributed by atoms with Gasteiger partial charge in [-0.1, -0.05) is 5.16 Å². The molecule has 11 heteroatoms. The molecule has 5 rings (SSSR count). The molecule has 2 aliphatic heterocycles. The Balaban J connectivity index is 1.59. The molecule has 0 radical (unpaired) electrons. The highest BCUT2D eigenvalue weighted by Gasteiger charge is 2.58. The lowest BCUT2D eigenvalue weighted by Crippen LogP contribution is -2.27. The van der Waals surface area contributed by atoms with E-state index in [1.165, 1.54) is 0 Å². The number of rotatable bonds is 2. The van der Waals surface area contributed by atoms with Gasteiger partial charge in [0.05, 0.1) is 12.5 Å². The molecule has 136 valence electrons. The molecule has 2 saturated heterocycles. The molecule has 26 heavy (non-hydrogen) atoms. The fourth-order valence-corrected chi connectivity index (χ4v) is 3.55. The van der Waals surface area contributed by atoms with Gasteiger partial charge in [0.25, 0.3) is 5.89 Å². The quantitative estimate of drug-likeness (QED) is 0.618. The van der Waals surface area contributed by atoms with Crippen LogP contribution in [0.25, 0.3) is 11.2 Å². The summed E-state index contributed by atoms with van der Waals surface area (Å²) in [6, 6.07) is 0. The third-order valence-electron chi connectivity index (χ3n) is 4.38. The number of hydrogen-bond acceptors (Lipinski definition) is 9. The van der Waals surface area contributed by atoms with Crippen LogP contribution in [0.2, 0.25) is 5.28 Å². The van der Waals surface area contributed by atoms with Crippen LogP contribution in [0.5, 0.6) is 0 Å². The molecule has 4 atom stereocenters. The van der Waals surface area contributed by atoms with E-state index in [1.807, 2.05) is 13.8 Å². The third-order valence-corrected chi connectivity index (χ3v) is 4.56. The molecule has 3 aromatic heterocycles. The molecular formula is C15H15ClN6O4. The fraction of sp³-hybridized carbons (Fsp3) is 0.533. The van der Waals surface area contributed by atoms with E-state index in [9.17, 15) is 0 Å². The maximum atomic E-state index is 6.19. The van der Waals surface area contributed by atoms with Crippen molar-refractivity contribution in [2.45, 2.75) is 51.1 Å². The first-order valence-electron chi connectivity index (χ1n) is 8.08. The summed E-state index contributed by atoms with van der Waals surface area (Å²) in [4.78, 5) is 16.8. The van der Waals surface area contributed by atoms with Gasteiger partial charge in [0, 0.05) is 0 Å². The van der Waals surface area contributed by atoms with Crippen LogP contribution in [0, 0.1) is 6.92 Å². The van der Waals surface area contributed by atoms with Gasteiger partial charge in [-0.25, -0.2) is 9.97 Å². The Bertz CT molecular complexity index is 988. The van der Waals surface area contributed by atoms with Gasteiger partial charge >= 0.3 is 0 Å². The van der Waals surface area contributed by atoms with E-state index >= 15 is 0 Å². The van der Waals surface area contributed by atoms with Crippen LogP contribution in [0.4, 0.5) is 0 Å². The summed E-state index contributed by atoms with van der Waals surface area (Å²) in [7, 11) is 0. The number of aryl methyl sites for hydroxylation is 1. The Hall–Kier alpha value is -2.14. The summed E-state index contributed by atoms with van der Waals surface area (Å²) in [5.41, 5.74) is 1.15. The van der Waals surface area contributed by atoms with E-state index in [1.54, 1.807) is 24.0 Å². The second kappa shape index (κ2) is 5.43. The summed E-state index contributed by atoms with van der Waals surface area (Å²) in [6.45, 7) is 5.45. The number of ether oxygens (including phenoxy) is 3. The van der Waals surface area contributed by atoms with Crippen molar-refractivity contribution in [2.24, 2.45) is 0 Å². The van der Waals surface area contributed by atoms with Gasteiger partial charge in [0.2, 0.25) is 5.28 Å². The Morgan fingerprint density at radius 1 is 1.15 bits per heavy atom. The van der Waals surface area contributed by atoms with Gasteiger partial charge in [-0.3, -0.25) is 4.57 Å². The van der Waals surface area contributed by atoms with Gasteiger partial charge in [-0.2, -0.15) is 9.97 Å². The van der Waals surface area contributed by atoms with Gasteiger partial charge in [0.1, 0.15) is 17.7 Å². The topological polar surface area (TPSA) is 110 Å². The van der Waals surface area contributed by atoms with Gasteiger partial charge in [-0.05, 0) is 32.4 Å². The molecule has 0 spiro atoms. The van der Waals surface area contributed by atoms with Crippen LogP contribution in [0.15, 0.2) is 17.0 Å². The molecule has 0 unspecified atom stereocenters. The molecule has 0 saturated carbocycles. The molecule has 0 aliphatic carbocycles. The van der Waals surface area contributed by atoms with Crippen molar-refractivity contribution in [3.05, 3.63) is 29.5 Å². The zero-order chi connectivity index (χ0) is 18.1. The molecule has 0 aromatic carbocycles. The maximum absolute atomic E-state index is 6.19. The van der Waals surface area contributed by atoms with Crippen LogP contribution in [-0.2, 0) is 14.2 Å². The van der Waals surface area contributed by atoms with Crippen molar-refractivity contribution in [1.29, 1.82) is 0 Å². The summed E-state index contributed by atoms with van der Waals surface area (Å²) in [5.74, 6) is 0.0981. The minimum Gasteiger partial charge on any atom is -0.341 e. The van der Waals surface area contributed by atoms with Crippen LogP contribution >= 0.6 is 11.6 Å². The largest absolute Gasteiger partial charge is 0.341 e. The smallest absolute Gasteiger partial charge is 0.258 e. The fourth-order valence-electron chi connectivity index (χ4n) is 3.42. The van der Waals surface area contributed by atoms with E-state index in [0.717, 1.165) is 0 Å². The molecule has 10 nitrogen and oxygen atoms in total. The lowest BCUT2D eigenvalue weighted by Gasteiger charge is -2.23. The van der Waals surface area contributed by atoms with Gasteiger partial charge in [-0.15, -0.1) is 0 Å². The highest BCUT2D eigenvalue weighted by Crippen LogP contribution is 2.49. The number of halogens is 1. The first kappa shape index (κ1) is 16.1. The number of aromatic nitrogens is 6. The Morgan fingerprint density at radius 2 is 1.96 bits per heavy atom. The van der Waals surface area contributed by atoms with E-state index in [0.29, 0.717) is 22.9 Å². The molecule has 0 N–H and O–H groups in total. The Labute approximate surface area is 152 Å². The molecule has 0 amide bonds. The van der Waals surface area contributed by atoms with Crippen LogP contribution in [0.3, 0.4) is 0 Å². The number of nitrogens with zero attached hydrogens (tertiary/aromatic N) is 6. The molecule has 3 aromatic rings. The third kappa shape index (κ3) is 2.41. The van der Waals surface area contributed by atoms with Crippen molar-refractivity contribution < 1.29 is 18.7 Å². The van der Waals surface area contributed by atoms with Crippen molar-refractivity contribution >= 4 is 22.8 Å². The minimum absolute atomic E-state index is 0.127. The minimum atomic E-state index is -0.770. The predicted molar refractivity (Wildman–Crippen MR) is 86.1 cm³/mol. The first-order chi connectivity index (χ1) is 12.4. The summed E-state index contributed by atoms with van der Waals surface area (Å²) < 4.78 is 25.4. The average Bonchev–Trinajstić information content (AvgIpc) is 3.30. The van der Waals surface area contributed by atoms with Gasteiger partial charge < -0.3 is 18.7 Å². The normalized spacial score (nSPS) is 30.2. The summed E-state index contributed by atoms with van der Waals surface area (Å²) in [6.07, 6.45) is 1.24. The monoisotopic (exact) mass is 378 g/mol. The average molecular weight is 379 g/mol. The Kier molecular flexibility index (Phi) is 3.35. The van der Waals surface area contributed by atoms with Crippen LogP contribution in [-0.4, -0.2) is 47.7 Å². The molecular weight excluding hydrogens is 364 g/mol.